The molecule has 0 aliphatic rings. The minimum atomic E-state index is 0.661. The Hall–Kier alpha value is -1.89. The van der Waals surface area contributed by atoms with E-state index in [1.54, 1.807) is 18.5 Å². The van der Waals surface area contributed by atoms with Crippen molar-refractivity contribution in [3.8, 4) is 6.07 Å². The Bertz CT molecular complexity index is 332. The molecule has 0 aliphatic heterocycles. The molecule has 0 fully saturated rings. The second kappa shape index (κ2) is 4.21. The van der Waals surface area contributed by atoms with E-state index < -0.39 is 0 Å². The van der Waals surface area contributed by atoms with Crippen molar-refractivity contribution in [2.75, 3.05) is 19.0 Å². The quantitative estimate of drug-likeness (QED) is 0.629. The predicted octanol–water partition coefficient (Wildman–Crippen LogP) is 1.08. The van der Waals surface area contributed by atoms with Crippen LogP contribution in [0.5, 0.6) is 0 Å². The first-order valence-corrected chi connectivity index (χ1v) is 3.79. The van der Waals surface area contributed by atoms with Crippen LogP contribution < -0.4 is 4.90 Å². The molecule has 1 rings (SSSR count). The zero-order valence-corrected chi connectivity index (χ0v) is 7.60. The number of nitrogens with zero attached hydrogens (tertiary/aromatic N) is 4. The first-order chi connectivity index (χ1) is 6.24. The van der Waals surface area contributed by atoms with Gasteiger partial charge in [0.05, 0.1) is 6.07 Å². The molecule has 0 radical (unpaired) electrons. The Morgan fingerprint density at radius 1 is 1.38 bits per heavy atom. The van der Waals surface area contributed by atoms with Gasteiger partial charge in [-0.25, -0.2) is 9.97 Å². The number of hydrogen-bond acceptors (Lipinski definition) is 4. The summed E-state index contributed by atoms with van der Waals surface area (Å²) in [6.07, 6.45) is 6.42. The van der Waals surface area contributed by atoms with Gasteiger partial charge < -0.3 is 4.90 Å². The lowest BCUT2D eigenvalue weighted by Gasteiger charge is -2.08. The van der Waals surface area contributed by atoms with Crippen LogP contribution in [0.3, 0.4) is 0 Å². The van der Waals surface area contributed by atoms with E-state index in [9.17, 15) is 0 Å². The SMILES string of the molecule is CN(C)c1ncc(/C=C/C#N)cn1. The number of anilines is 1. The Morgan fingerprint density at radius 3 is 2.46 bits per heavy atom. The van der Waals surface area contributed by atoms with E-state index in [0.29, 0.717) is 5.95 Å². The Labute approximate surface area is 77.2 Å². The van der Waals surface area contributed by atoms with E-state index >= 15 is 0 Å². The Morgan fingerprint density at radius 2 is 2.00 bits per heavy atom. The van der Waals surface area contributed by atoms with Crippen molar-refractivity contribution in [2.45, 2.75) is 0 Å². The van der Waals surface area contributed by atoms with Crippen molar-refractivity contribution in [3.63, 3.8) is 0 Å². The molecule has 66 valence electrons. The summed E-state index contributed by atoms with van der Waals surface area (Å²) in [4.78, 5) is 9.99. The molecule has 1 heterocycles. The van der Waals surface area contributed by atoms with Gasteiger partial charge in [0.25, 0.3) is 0 Å². The molecule has 0 amide bonds. The summed E-state index contributed by atoms with van der Waals surface area (Å²) in [6, 6.07) is 1.91. The molecule has 4 heteroatoms. The van der Waals surface area contributed by atoms with Gasteiger partial charge in [0.15, 0.2) is 0 Å². The van der Waals surface area contributed by atoms with Crippen LogP contribution in [0.2, 0.25) is 0 Å². The molecule has 0 aliphatic carbocycles. The summed E-state index contributed by atoms with van der Waals surface area (Å²) < 4.78 is 0. The van der Waals surface area contributed by atoms with Crippen molar-refractivity contribution in [1.82, 2.24) is 9.97 Å². The van der Waals surface area contributed by atoms with Crippen molar-refractivity contribution in [1.29, 1.82) is 5.26 Å². The van der Waals surface area contributed by atoms with Gasteiger partial charge in [0.2, 0.25) is 5.95 Å². The third-order valence-electron chi connectivity index (χ3n) is 1.41. The van der Waals surface area contributed by atoms with Crippen LogP contribution in [-0.2, 0) is 0 Å². The molecule has 0 saturated carbocycles. The van der Waals surface area contributed by atoms with E-state index in [2.05, 4.69) is 9.97 Å². The number of allylic oxidation sites excluding steroid dienone is 1. The summed E-state index contributed by atoms with van der Waals surface area (Å²) in [5, 5.41) is 8.28. The number of aromatic nitrogens is 2. The van der Waals surface area contributed by atoms with Crippen LogP contribution in [0.25, 0.3) is 6.08 Å². The molecule has 4 nitrogen and oxygen atoms in total. The summed E-state index contributed by atoms with van der Waals surface area (Å²) in [6.45, 7) is 0. The van der Waals surface area contributed by atoms with Crippen LogP contribution in [0, 0.1) is 11.3 Å². The molecule has 0 bridgehead atoms. The monoisotopic (exact) mass is 174 g/mol. The highest BCUT2D eigenvalue weighted by atomic mass is 15.2. The van der Waals surface area contributed by atoms with E-state index in [1.165, 1.54) is 6.08 Å². The summed E-state index contributed by atoms with van der Waals surface area (Å²) >= 11 is 0. The maximum Gasteiger partial charge on any atom is 0.224 e. The number of rotatable bonds is 2. The zero-order valence-electron chi connectivity index (χ0n) is 7.60. The van der Waals surface area contributed by atoms with Gasteiger partial charge in [-0.3, -0.25) is 0 Å². The van der Waals surface area contributed by atoms with Crippen LogP contribution in [-0.4, -0.2) is 24.1 Å². The molecular formula is C9H10N4. The van der Waals surface area contributed by atoms with E-state index in [-0.39, 0.29) is 0 Å². The average Bonchev–Trinajstić information content (AvgIpc) is 2.15. The van der Waals surface area contributed by atoms with Crippen LogP contribution in [0.15, 0.2) is 18.5 Å². The van der Waals surface area contributed by atoms with E-state index in [1.807, 2.05) is 25.1 Å². The molecule has 1 aromatic rings. The van der Waals surface area contributed by atoms with Crippen molar-refractivity contribution >= 4 is 12.0 Å². The minimum absolute atomic E-state index is 0.661. The number of nitriles is 1. The molecule has 0 N–H and O–H groups in total. The van der Waals surface area contributed by atoms with Gasteiger partial charge in [-0.15, -0.1) is 0 Å². The first kappa shape index (κ1) is 9.20. The maximum atomic E-state index is 8.28. The third-order valence-corrected chi connectivity index (χ3v) is 1.41. The molecular weight excluding hydrogens is 164 g/mol. The lowest BCUT2D eigenvalue weighted by molar-refractivity contribution is 0.996. The van der Waals surface area contributed by atoms with Crippen molar-refractivity contribution in [2.24, 2.45) is 0 Å². The summed E-state index contributed by atoms with van der Waals surface area (Å²) in [7, 11) is 3.75. The van der Waals surface area contributed by atoms with E-state index in [4.69, 9.17) is 5.26 Å². The topological polar surface area (TPSA) is 52.8 Å². The van der Waals surface area contributed by atoms with E-state index in [0.717, 1.165) is 5.56 Å². The predicted molar refractivity (Wildman–Crippen MR) is 51.0 cm³/mol. The third kappa shape index (κ3) is 2.56. The molecule has 0 aromatic carbocycles. The van der Waals surface area contributed by atoms with Gasteiger partial charge in [-0.05, 0) is 6.08 Å². The lowest BCUT2D eigenvalue weighted by Crippen LogP contribution is -2.12. The van der Waals surface area contributed by atoms with Crippen molar-refractivity contribution < 1.29 is 0 Å². The van der Waals surface area contributed by atoms with Gasteiger partial charge in [-0.1, -0.05) is 0 Å². The second-order valence-corrected chi connectivity index (χ2v) is 2.67. The van der Waals surface area contributed by atoms with Crippen LogP contribution in [0.4, 0.5) is 5.95 Å². The summed E-state index contributed by atoms with van der Waals surface area (Å²) in [5.74, 6) is 0.661. The molecule has 0 atom stereocenters. The molecule has 0 unspecified atom stereocenters. The molecule has 1 aromatic heterocycles. The standard InChI is InChI=1S/C9H10N4/c1-13(2)9-11-6-8(7-12-9)4-3-5-10/h3-4,6-7H,1-2H3/b4-3+. The molecule has 13 heavy (non-hydrogen) atoms. The highest BCUT2D eigenvalue weighted by Crippen LogP contribution is 2.03. The Balaban J connectivity index is 2.83. The lowest BCUT2D eigenvalue weighted by atomic mass is 10.3. The molecule has 0 spiro atoms. The normalized spacial score (nSPS) is 9.92. The minimum Gasteiger partial charge on any atom is -0.347 e. The summed E-state index contributed by atoms with van der Waals surface area (Å²) in [5.41, 5.74) is 0.826. The Kier molecular flexibility index (Phi) is 2.98. The van der Waals surface area contributed by atoms with Crippen LogP contribution in [0.1, 0.15) is 5.56 Å². The number of hydrogen-bond donors (Lipinski definition) is 0. The second-order valence-electron chi connectivity index (χ2n) is 2.67. The van der Waals surface area contributed by atoms with Gasteiger partial charge in [-0.2, -0.15) is 5.26 Å². The molecule has 0 saturated heterocycles. The average molecular weight is 174 g/mol. The van der Waals surface area contributed by atoms with Crippen LogP contribution >= 0.6 is 0 Å². The highest BCUT2D eigenvalue weighted by Gasteiger charge is 1.96. The first-order valence-electron chi connectivity index (χ1n) is 3.79. The zero-order chi connectivity index (χ0) is 9.68. The fourth-order valence-corrected chi connectivity index (χ4v) is 0.782. The fourth-order valence-electron chi connectivity index (χ4n) is 0.782. The fraction of sp³-hybridized carbons (Fsp3) is 0.222. The largest absolute Gasteiger partial charge is 0.347 e. The van der Waals surface area contributed by atoms with Gasteiger partial charge in [0.1, 0.15) is 0 Å². The van der Waals surface area contributed by atoms with Crippen molar-refractivity contribution in [3.05, 3.63) is 24.0 Å². The van der Waals surface area contributed by atoms with Gasteiger partial charge >= 0.3 is 0 Å². The smallest absolute Gasteiger partial charge is 0.224 e. The maximum absolute atomic E-state index is 8.28. The highest BCUT2D eigenvalue weighted by molar-refractivity contribution is 5.50. The van der Waals surface area contributed by atoms with Gasteiger partial charge in [0, 0.05) is 38.1 Å².